The van der Waals surface area contributed by atoms with Gasteiger partial charge in [0.1, 0.15) is 0 Å². The first kappa shape index (κ1) is 13.1. The molecule has 2 atom stereocenters. The molecule has 0 spiro atoms. The fourth-order valence-electron chi connectivity index (χ4n) is 3.60. The fraction of sp³-hybridized carbons (Fsp3) is 0.647. The minimum absolute atomic E-state index is 0.735. The summed E-state index contributed by atoms with van der Waals surface area (Å²) < 4.78 is 0. The molecule has 2 fully saturated rings. The number of rotatable bonds is 5. The number of hydrogen-bond acceptors (Lipinski definition) is 2. The lowest BCUT2D eigenvalue weighted by Crippen LogP contribution is -2.35. The van der Waals surface area contributed by atoms with Crippen molar-refractivity contribution < 1.29 is 0 Å². The average Bonchev–Trinajstić information content (AvgIpc) is 3.22. The highest BCUT2D eigenvalue weighted by Gasteiger charge is 2.39. The Labute approximate surface area is 116 Å². The van der Waals surface area contributed by atoms with Crippen LogP contribution in [0.25, 0.3) is 0 Å². The number of benzene rings is 1. The molecule has 0 saturated heterocycles. The van der Waals surface area contributed by atoms with Crippen LogP contribution in [0.3, 0.4) is 0 Å². The molecule has 2 heteroatoms. The van der Waals surface area contributed by atoms with Gasteiger partial charge in [0.2, 0.25) is 0 Å². The molecule has 0 unspecified atom stereocenters. The fourth-order valence-corrected chi connectivity index (χ4v) is 3.60. The van der Waals surface area contributed by atoms with Gasteiger partial charge in [-0.15, -0.1) is 0 Å². The standard InChI is InChI=1S/C17H26N2/c18-11-10-13-6-8-15(9-7-13)19-17-12-16(17)14-4-2-1-3-5-14/h1-5,13,15-17,19H,6-12,18H2/t13?,15?,16-,17+/m0/s1. The Balaban J connectivity index is 1.42. The van der Waals surface area contributed by atoms with E-state index in [1.807, 2.05) is 0 Å². The molecule has 0 aromatic heterocycles. The number of nitrogens with one attached hydrogen (secondary N) is 1. The minimum atomic E-state index is 0.735. The Morgan fingerprint density at radius 1 is 1.05 bits per heavy atom. The first-order chi connectivity index (χ1) is 9.36. The van der Waals surface area contributed by atoms with Crippen LogP contribution in [-0.4, -0.2) is 18.6 Å². The van der Waals surface area contributed by atoms with E-state index in [0.717, 1.165) is 30.5 Å². The van der Waals surface area contributed by atoms with E-state index in [1.165, 1.54) is 44.1 Å². The molecule has 104 valence electrons. The van der Waals surface area contributed by atoms with E-state index in [2.05, 4.69) is 35.6 Å². The van der Waals surface area contributed by atoms with Crippen LogP contribution in [0.2, 0.25) is 0 Å². The molecule has 3 N–H and O–H groups in total. The summed E-state index contributed by atoms with van der Waals surface area (Å²) in [5, 5.41) is 3.87. The van der Waals surface area contributed by atoms with Crippen molar-refractivity contribution in [2.75, 3.05) is 6.54 Å². The SMILES string of the molecule is NCCC1CCC(N[C@@H]2C[C@H]2c2ccccc2)CC1. The number of hydrogen-bond donors (Lipinski definition) is 2. The van der Waals surface area contributed by atoms with Crippen LogP contribution < -0.4 is 11.1 Å². The zero-order chi connectivity index (χ0) is 13.1. The van der Waals surface area contributed by atoms with Gasteiger partial charge in [-0.05, 0) is 56.6 Å². The molecule has 2 aliphatic rings. The van der Waals surface area contributed by atoms with E-state index in [9.17, 15) is 0 Å². The predicted molar refractivity (Wildman–Crippen MR) is 80.1 cm³/mol. The summed E-state index contributed by atoms with van der Waals surface area (Å²) in [6.45, 7) is 0.863. The first-order valence-corrected chi connectivity index (χ1v) is 7.88. The predicted octanol–water partition coefficient (Wildman–Crippen LogP) is 3.04. The summed E-state index contributed by atoms with van der Waals surface area (Å²) in [4.78, 5) is 0. The van der Waals surface area contributed by atoms with E-state index < -0.39 is 0 Å². The summed E-state index contributed by atoms with van der Waals surface area (Å²) >= 11 is 0. The second-order valence-electron chi connectivity index (χ2n) is 6.32. The molecule has 2 saturated carbocycles. The van der Waals surface area contributed by atoms with Crippen LogP contribution in [0.1, 0.15) is 50.0 Å². The van der Waals surface area contributed by atoms with Gasteiger partial charge in [-0.2, -0.15) is 0 Å². The molecular formula is C17H26N2. The lowest BCUT2D eigenvalue weighted by atomic mass is 9.84. The van der Waals surface area contributed by atoms with Crippen molar-refractivity contribution in [1.29, 1.82) is 0 Å². The molecular weight excluding hydrogens is 232 g/mol. The molecule has 1 aromatic rings. The zero-order valence-corrected chi connectivity index (χ0v) is 11.7. The largest absolute Gasteiger partial charge is 0.330 e. The van der Waals surface area contributed by atoms with Crippen molar-refractivity contribution in [1.82, 2.24) is 5.32 Å². The van der Waals surface area contributed by atoms with Crippen molar-refractivity contribution in [3.63, 3.8) is 0 Å². The Bertz CT molecular complexity index is 382. The van der Waals surface area contributed by atoms with Crippen LogP contribution in [0.15, 0.2) is 30.3 Å². The molecule has 19 heavy (non-hydrogen) atoms. The van der Waals surface area contributed by atoms with E-state index >= 15 is 0 Å². The highest BCUT2D eigenvalue weighted by molar-refractivity contribution is 5.27. The van der Waals surface area contributed by atoms with Crippen LogP contribution in [0.4, 0.5) is 0 Å². The average molecular weight is 258 g/mol. The normalized spacial score (nSPS) is 34.2. The molecule has 2 aliphatic carbocycles. The second kappa shape index (κ2) is 6.06. The maximum Gasteiger partial charge on any atom is 0.0145 e. The van der Waals surface area contributed by atoms with E-state index in [0.29, 0.717) is 0 Å². The molecule has 2 nitrogen and oxygen atoms in total. The summed E-state index contributed by atoms with van der Waals surface area (Å²) in [5.41, 5.74) is 7.16. The van der Waals surface area contributed by atoms with Crippen molar-refractivity contribution in [3.05, 3.63) is 35.9 Å². The van der Waals surface area contributed by atoms with Crippen molar-refractivity contribution in [3.8, 4) is 0 Å². The van der Waals surface area contributed by atoms with Crippen LogP contribution in [-0.2, 0) is 0 Å². The third kappa shape index (κ3) is 3.37. The van der Waals surface area contributed by atoms with Gasteiger partial charge in [0.15, 0.2) is 0 Å². The van der Waals surface area contributed by atoms with Crippen molar-refractivity contribution in [2.24, 2.45) is 11.7 Å². The second-order valence-corrected chi connectivity index (χ2v) is 6.32. The van der Waals surface area contributed by atoms with Gasteiger partial charge in [0.25, 0.3) is 0 Å². The Kier molecular flexibility index (Phi) is 4.19. The van der Waals surface area contributed by atoms with Gasteiger partial charge in [-0.3, -0.25) is 0 Å². The summed E-state index contributed by atoms with van der Waals surface area (Å²) in [6, 6.07) is 12.4. The third-order valence-corrected chi connectivity index (χ3v) is 4.89. The smallest absolute Gasteiger partial charge is 0.0145 e. The van der Waals surface area contributed by atoms with Crippen molar-refractivity contribution >= 4 is 0 Å². The van der Waals surface area contributed by atoms with Crippen LogP contribution >= 0.6 is 0 Å². The molecule has 0 radical (unpaired) electrons. The Morgan fingerprint density at radius 2 is 1.79 bits per heavy atom. The van der Waals surface area contributed by atoms with Gasteiger partial charge in [0.05, 0.1) is 0 Å². The number of nitrogens with two attached hydrogens (primary N) is 1. The van der Waals surface area contributed by atoms with E-state index in [-0.39, 0.29) is 0 Å². The zero-order valence-electron chi connectivity index (χ0n) is 11.7. The molecule has 3 rings (SSSR count). The monoisotopic (exact) mass is 258 g/mol. The van der Waals surface area contributed by atoms with Crippen molar-refractivity contribution in [2.45, 2.75) is 56.5 Å². The lowest BCUT2D eigenvalue weighted by Gasteiger charge is -2.29. The molecule has 0 heterocycles. The maximum absolute atomic E-state index is 5.65. The van der Waals surface area contributed by atoms with E-state index in [1.54, 1.807) is 0 Å². The molecule has 0 aliphatic heterocycles. The highest BCUT2D eigenvalue weighted by Crippen LogP contribution is 2.41. The first-order valence-electron chi connectivity index (χ1n) is 7.88. The molecule has 0 bridgehead atoms. The summed E-state index contributed by atoms with van der Waals surface area (Å²) in [7, 11) is 0. The topological polar surface area (TPSA) is 38.0 Å². The van der Waals surface area contributed by atoms with Gasteiger partial charge < -0.3 is 11.1 Å². The van der Waals surface area contributed by atoms with E-state index in [4.69, 9.17) is 5.73 Å². The molecule has 1 aromatic carbocycles. The molecule has 0 amide bonds. The van der Waals surface area contributed by atoms with Crippen LogP contribution in [0.5, 0.6) is 0 Å². The summed E-state index contributed by atoms with van der Waals surface area (Å²) in [6.07, 6.45) is 8.00. The van der Waals surface area contributed by atoms with Gasteiger partial charge in [-0.25, -0.2) is 0 Å². The highest BCUT2D eigenvalue weighted by atomic mass is 15.0. The summed E-state index contributed by atoms with van der Waals surface area (Å²) in [5.74, 6) is 1.66. The van der Waals surface area contributed by atoms with Gasteiger partial charge in [0, 0.05) is 18.0 Å². The van der Waals surface area contributed by atoms with Crippen LogP contribution in [0, 0.1) is 5.92 Å². The Morgan fingerprint density at radius 3 is 2.47 bits per heavy atom. The maximum atomic E-state index is 5.65. The minimum Gasteiger partial charge on any atom is -0.330 e. The third-order valence-electron chi connectivity index (χ3n) is 4.89. The Hall–Kier alpha value is -0.860. The van der Waals surface area contributed by atoms with Gasteiger partial charge in [-0.1, -0.05) is 30.3 Å². The lowest BCUT2D eigenvalue weighted by molar-refractivity contribution is 0.280. The van der Waals surface area contributed by atoms with Gasteiger partial charge >= 0.3 is 0 Å². The quantitative estimate of drug-likeness (QED) is 0.852.